The molecule has 0 aliphatic rings. The Kier molecular flexibility index (Phi) is 2.23. The fourth-order valence-corrected chi connectivity index (χ4v) is 2.01. The van der Waals surface area contributed by atoms with E-state index >= 15 is 0 Å². The highest BCUT2D eigenvalue weighted by molar-refractivity contribution is 7.90. The minimum Gasteiger partial charge on any atom is -0.475 e. The molecule has 0 aliphatic heterocycles. The van der Waals surface area contributed by atoms with Crippen molar-refractivity contribution in [1.82, 2.24) is 0 Å². The van der Waals surface area contributed by atoms with Crippen LogP contribution in [0.25, 0.3) is 11.0 Å². The van der Waals surface area contributed by atoms with E-state index in [1.807, 2.05) is 0 Å². The number of carbonyl (C=O) groups is 1. The quantitative estimate of drug-likeness (QED) is 0.860. The second-order valence-electron chi connectivity index (χ2n) is 3.39. The molecule has 0 atom stereocenters. The summed E-state index contributed by atoms with van der Waals surface area (Å²) in [6.07, 6.45) is 1.09. The van der Waals surface area contributed by atoms with Gasteiger partial charge in [0.25, 0.3) is 0 Å². The summed E-state index contributed by atoms with van der Waals surface area (Å²) >= 11 is 0. The Morgan fingerprint density at radius 1 is 1.31 bits per heavy atom. The van der Waals surface area contributed by atoms with Crippen LogP contribution in [0.2, 0.25) is 0 Å². The molecule has 1 aromatic carbocycles. The first kappa shape index (κ1) is 10.7. The Bertz CT molecular complexity index is 666. The van der Waals surface area contributed by atoms with E-state index in [2.05, 4.69) is 0 Å². The predicted molar refractivity (Wildman–Crippen MR) is 56.3 cm³/mol. The van der Waals surface area contributed by atoms with Crippen molar-refractivity contribution in [3.05, 3.63) is 30.0 Å². The Labute approximate surface area is 91.2 Å². The number of sulfone groups is 1. The number of furan rings is 1. The van der Waals surface area contributed by atoms with Crippen molar-refractivity contribution >= 4 is 26.8 Å². The number of carboxylic acid groups (broad SMARTS) is 1. The lowest BCUT2D eigenvalue weighted by atomic mass is 10.2. The van der Waals surface area contributed by atoms with Crippen molar-refractivity contribution in [2.24, 2.45) is 0 Å². The molecule has 0 radical (unpaired) electrons. The standard InChI is InChI=1S/C10H8O5S/c1-16(13,14)7-2-3-8-6(4-7)5-9(15-8)10(11)12/h2-5H,1H3,(H,11,12). The van der Waals surface area contributed by atoms with Gasteiger partial charge in [0.1, 0.15) is 5.58 Å². The van der Waals surface area contributed by atoms with Crippen LogP contribution in [0.4, 0.5) is 0 Å². The minimum absolute atomic E-state index is 0.137. The van der Waals surface area contributed by atoms with Crippen LogP contribution in [0.5, 0.6) is 0 Å². The highest BCUT2D eigenvalue weighted by Gasteiger charge is 2.13. The summed E-state index contributed by atoms with van der Waals surface area (Å²) in [6, 6.07) is 5.51. The van der Waals surface area contributed by atoms with Crippen molar-refractivity contribution in [3.8, 4) is 0 Å². The number of hydrogen-bond donors (Lipinski definition) is 1. The SMILES string of the molecule is CS(=O)(=O)c1ccc2oc(C(=O)O)cc2c1. The van der Waals surface area contributed by atoms with Crippen LogP contribution in [-0.4, -0.2) is 25.7 Å². The summed E-state index contributed by atoms with van der Waals surface area (Å²) in [5.74, 6) is -1.39. The highest BCUT2D eigenvalue weighted by atomic mass is 32.2. The number of rotatable bonds is 2. The summed E-state index contributed by atoms with van der Waals surface area (Å²) in [5.41, 5.74) is 0.352. The maximum Gasteiger partial charge on any atom is 0.371 e. The number of carboxylic acids is 1. The smallest absolute Gasteiger partial charge is 0.371 e. The van der Waals surface area contributed by atoms with Crippen LogP contribution in [0.1, 0.15) is 10.6 Å². The van der Waals surface area contributed by atoms with Gasteiger partial charge in [-0.25, -0.2) is 13.2 Å². The molecular formula is C10H8O5S. The average Bonchev–Trinajstić information content (AvgIpc) is 2.58. The first-order valence-corrected chi connectivity index (χ1v) is 6.24. The lowest BCUT2D eigenvalue weighted by molar-refractivity contribution is 0.0665. The minimum atomic E-state index is -3.29. The molecule has 0 bridgehead atoms. The maximum atomic E-state index is 11.3. The van der Waals surface area contributed by atoms with Crippen LogP contribution < -0.4 is 0 Å². The monoisotopic (exact) mass is 240 g/mol. The predicted octanol–water partition coefficient (Wildman–Crippen LogP) is 1.53. The van der Waals surface area contributed by atoms with E-state index in [0.717, 1.165) is 6.26 Å². The van der Waals surface area contributed by atoms with Gasteiger partial charge >= 0.3 is 5.97 Å². The molecule has 0 saturated carbocycles. The average molecular weight is 240 g/mol. The zero-order valence-corrected chi connectivity index (χ0v) is 9.11. The molecule has 0 saturated heterocycles. The maximum absolute atomic E-state index is 11.3. The van der Waals surface area contributed by atoms with Crippen molar-refractivity contribution < 1.29 is 22.7 Å². The van der Waals surface area contributed by atoms with Crippen LogP contribution >= 0.6 is 0 Å². The molecule has 0 aliphatic carbocycles. The molecule has 5 nitrogen and oxygen atoms in total. The third kappa shape index (κ3) is 1.79. The van der Waals surface area contributed by atoms with E-state index < -0.39 is 15.8 Å². The Balaban J connectivity index is 2.67. The molecule has 1 N–H and O–H groups in total. The second kappa shape index (κ2) is 3.34. The Morgan fingerprint density at radius 2 is 2.00 bits per heavy atom. The topological polar surface area (TPSA) is 84.6 Å². The number of benzene rings is 1. The third-order valence-corrected chi connectivity index (χ3v) is 3.24. The van der Waals surface area contributed by atoms with Crippen LogP contribution in [0.15, 0.2) is 33.6 Å². The van der Waals surface area contributed by atoms with Gasteiger partial charge in [-0.2, -0.15) is 0 Å². The fraction of sp³-hybridized carbons (Fsp3) is 0.100. The van der Waals surface area contributed by atoms with Gasteiger partial charge in [-0.1, -0.05) is 0 Å². The summed E-state index contributed by atoms with van der Waals surface area (Å²) < 4.78 is 27.5. The lowest BCUT2D eigenvalue weighted by Gasteiger charge is -1.96. The van der Waals surface area contributed by atoms with E-state index in [-0.39, 0.29) is 10.7 Å². The number of hydrogen-bond acceptors (Lipinski definition) is 4. The fourth-order valence-electron chi connectivity index (χ4n) is 1.36. The summed E-state index contributed by atoms with van der Waals surface area (Å²) in [5, 5.41) is 9.16. The normalized spacial score (nSPS) is 11.8. The van der Waals surface area contributed by atoms with Crippen LogP contribution in [0.3, 0.4) is 0 Å². The molecule has 0 unspecified atom stereocenters. The molecule has 2 rings (SSSR count). The molecule has 16 heavy (non-hydrogen) atoms. The van der Waals surface area contributed by atoms with Crippen LogP contribution in [0, 0.1) is 0 Å². The van der Waals surface area contributed by atoms with Gasteiger partial charge in [0.2, 0.25) is 5.76 Å². The zero-order chi connectivity index (χ0) is 11.9. The summed E-state index contributed by atoms with van der Waals surface area (Å²) in [4.78, 5) is 10.8. The molecule has 1 heterocycles. The van der Waals surface area contributed by atoms with Crippen molar-refractivity contribution in [2.75, 3.05) is 6.26 Å². The van der Waals surface area contributed by atoms with Gasteiger partial charge in [-0.15, -0.1) is 0 Å². The van der Waals surface area contributed by atoms with Crippen molar-refractivity contribution in [2.45, 2.75) is 4.90 Å². The van der Waals surface area contributed by atoms with E-state index in [1.165, 1.54) is 24.3 Å². The van der Waals surface area contributed by atoms with E-state index in [0.29, 0.717) is 11.0 Å². The largest absolute Gasteiger partial charge is 0.475 e. The lowest BCUT2D eigenvalue weighted by Crippen LogP contribution is -1.95. The second-order valence-corrected chi connectivity index (χ2v) is 5.40. The zero-order valence-electron chi connectivity index (χ0n) is 8.30. The molecule has 6 heteroatoms. The van der Waals surface area contributed by atoms with Gasteiger partial charge in [0.05, 0.1) is 4.90 Å². The summed E-state index contributed by atoms with van der Waals surface area (Å²) in [6.45, 7) is 0. The van der Waals surface area contributed by atoms with Gasteiger partial charge in [0, 0.05) is 11.6 Å². The Morgan fingerprint density at radius 3 is 2.56 bits per heavy atom. The van der Waals surface area contributed by atoms with E-state index in [4.69, 9.17) is 9.52 Å². The molecule has 0 spiro atoms. The molecule has 84 valence electrons. The van der Waals surface area contributed by atoms with E-state index in [1.54, 1.807) is 0 Å². The van der Waals surface area contributed by atoms with Crippen LogP contribution in [-0.2, 0) is 9.84 Å². The van der Waals surface area contributed by atoms with E-state index in [9.17, 15) is 13.2 Å². The molecule has 2 aromatic rings. The highest BCUT2D eigenvalue weighted by Crippen LogP contribution is 2.22. The number of aromatic carboxylic acids is 1. The number of fused-ring (bicyclic) bond motifs is 1. The van der Waals surface area contributed by atoms with Gasteiger partial charge in [0.15, 0.2) is 9.84 Å². The summed E-state index contributed by atoms with van der Waals surface area (Å²) in [7, 11) is -3.29. The molecule has 0 fully saturated rings. The van der Waals surface area contributed by atoms with Gasteiger partial charge in [-0.3, -0.25) is 0 Å². The van der Waals surface area contributed by atoms with Gasteiger partial charge < -0.3 is 9.52 Å². The molecule has 1 aromatic heterocycles. The first-order chi connectivity index (χ1) is 7.38. The Hall–Kier alpha value is -1.82. The van der Waals surface area contributed by atoms with Gasteiger partial charge in [-0.05, 0) is 24.3 Å². The molecular weight excluding hydrogens is 232 g/mol. The molecule has 0 amide bonds. The van der Waals surface area contributed by atoms with Crippen molar-refractivity contribution in [3.63, 3.8) is 0 Å². The van der Waals surface area contributed by atoms with Crippen molar-refractivity contribution in [1.29, 1.82) is 0 Å². The third-order valence-electron chi connectivity index (χ3n) is 2.13. The first-order valence-electron chi connectivity index (χ1n) is 4.35.